The van der Waals surface area contributed by atoms with Gasteiger partial charge in [-0.15, -0.1) is 0 Å². The molecule has 0 radical (unpaired) electrons. The van der Waals surface area contributed by atoms with Crippen LogP contribution in [0.25, 0.3) is 0 Å². The van der Waals surface area contributed by atoms with E-state index in [2.05, 4.69) is 18.5 Å². The number of hydrogen-bond acceptors (Lipinski definition) is 3. The lowest BCUT2D eigenvalue weighted by Gasteiger charge is -2.15. The minimum Gasteiger partial charge on any atom is -0.396 e. The van der Waals surface area contributed by atoms with Gasteiger partial charge in [0.1, 0.15) is 0 Å². The molecule has 0 saturated heterocycles. The summed E-state index contributed by atoms with van der Waals surface area (Å²) in [6.07, 6.45) is 7.98. The first-order valence-electron chi connectivity index (χ1n) is 5.68. The second-order valence-corrected chi connectivity index (χ2v) is 4.56. The largest absolute Gasteiger partial charge is 0.396 e. The van der Waals surface area contributed by atoms with Gasteiger partial charge in [-0.3, -0.25) is 0 Å². The van der Waals surface area contributed by atoms with E-state index in [1.165, 1.54) is 25.0 Å². The molecule has 0 saturated carbocycles. The third kappa shape index (κ3) is 8.85. The monoisotopic (exact) mass is 219 g/mol. The lowest BCUT2D eigenvalue weighted by Crippen LogP contribution is -2.31. The molecule has 86 valence electrons. The normalized spacial score (nSPS) is 13.1. The van der Waals surface area contributed by atoms with Crippen LogP contribution in [-0.4, -0.2) is 36.3 Å². The molecule has 0 aliphatic carbocycles. The molecule has 0 aromatic heterocycles. The summed E-state index contributed by atoms with van der Waals surface area (Å²) in [6, 6.07) is 0.683. The van der Waals surface area contributed by atoms with Crippen molar-refractivity contribution in [3.8, 4) is 0 Å². The van der Waals surface area contributed by atoms with Crippen molar-refractivity contribution in [2.75, 3.05) is 25.2 Å². The lowest BCUT2D eigenvalue weighted by atomic mass is 10.2. The zero-order chi connectivity index (χ0) is 10.6. The fourth-order valence-corrected chi connectivity index (χ4v) is 2.17. The molecule has 0 aliphatic rings. The van der Waals surface area contributed by atoms with Gasteiger partial charge in [-0.1, -0.05) is 19.8 Å². The Bertz CT molecular complexity index is 111. The van der Waals surface area contributed by atoms with Crippen molar-refractivity contribution in [1.82, 2.24) is 5.32 Å². The molecule has 2 N–H and O–H groups in total. The van der Waals surface area contributed by atoms with Crippen molar-refractivity contribution in [3.63, 3.8) is 0 Å². The van der Waals surface area contributed by atoms with Crippen LogP contribution in [0, 0.1) is 0 Å². The average molecular weight is 219 g/mol. The van der Waals surface area contributed by atoms with Gasteiger partial charge in [-0.05, 0) is 32.1 Å². The molecule has 0 aromatic rings. The number of thioether (sulfide) groups is 1. The average Bonchev–Trinajstić information content (AvgIpc) is 2.21. The van der Waals surface area contributed by atoms with Crippen molar-refractivity contribution in [1.29, 1.82) is 0 Å². The predicted molar refractivity (Wildman–Crippen MR) is 66.0 cm³/mol. The summed E-state index contributed by atoms with van der Waals surface area (Å²) < 4.78 is 0. The number of aliphatic hydroxyl groups is 1. The van der Waals surface area contributed by atoms with E-state index in [4.69, 9.17) is 5.11 Å². The maximum absolute atomic E-state index is 8.60. The zero-order valence-corrected chi connectivity index (χ0v) is 10.4. The van der Waals surface area contributed by atoms with Gasteiger partial charge in [0, 0.05) is 18.4 Å². The van der Waals surface area contributed by atoms with Crippen LogP contribution >= 0.6 is 11.8 Å². The molecule has 0 aromatic carbocycles. The van der Waals surface area contributed by atoms with Crippen molar-refractivity contribution in [2.45, 2.75) is 45.1 Å². The minimum absolute atomic E-state index is 0.345. The van der Waals surface area contributed by atoms with Gasteiger partial charge >= 0.3 is 0 Å². The lowest BCUT2D eigenvalue weighted by molar-refractivity contribution is 0.282. The van der Waals surface area contributed by atoms with Crippen LogP contribution < -0.4 is 5.32 Å². The van der Waals surface area contributed by atoms with Gasteiger partial charge in [-0.25, -0.2) is 0 Å². The topological polar surface area (TPSA) is 32.3 Å². The SMILES string of the molecule is CCC(CSC)NCCCCCCO. The minimum atomic E-state index is 0.345. The summed E-state index contributed by atoms with van der Waals surface area (Å²) >= 11 is 1.91. The molecule has 1 atom stereocenters. The maximum Gasteiger partial charge on any atom is 0.0431 e. The third-order valence-corrected chi connectivity index (χ3v) is 3.11. The summed E-state index contributed by atoms with van der Waals surface area (Å²) in [5, 5.41) is 12.2. The van der Waals surface area contributed by atoms with Gasteiger partial charge in [0.05, 0.1) is 0 Å². The molecule has 3 heteroatoms. The third-order valence-electron chi connectivity index (χ3n) is 2.38. The highest BCUT2D eigenvalue weighted by Gasteiger charge is 2.02. The summed E-state index contributed by atoms with van der Waals surface area (Å²) in [7, 11) is 0. The molecule has 0 bridgehead atoms. The van der Waals surface area contributed by atoms with Gasteiger partial charge in [0.15, 0.2) is 0 Å². The molecule has 0 rings (SSSR count). The molecule has 0 amide bonds. The second-order valence-electron chi connectivity index (χ2n) is 3.65. The van der Waals surface area contributed by atoms with Crippen LogP contribution in [0.5, 0.6) is 0 Å². The van der Waals surface area contributed by atoms with E-state index in [9.17, 15) is 0 Å². The predicted octanol–water partition coefficient (Wildman–Crippen LogP) is 2.27. The van der Waals surface area contributed by atoms with Gasteiger partial charge in [0.2, 0.25) is 0 Å². The van der Waals surface area contributed by atoms with Crippen molar-refractivity contribution < 1.29 is 5.11 Å². The molecule has 0 aliphatic heterocycles. The Hall–Kier alpha value is 0.270. The molecule has 0 fully saturated rings. The van der Waals surface area contributed by atoms with Gasteiger partial charge < -0.3 is 10.4 Å². The van der Waals surface area contributed by atoms with Crippen LogP contribution in [0.4, 0.5) is 0 Å². The Labute approximate surface area is 92.9 Å². The smallest absolute Gasteiger partial charge is 0.0431 e. The van der Waals surface area contributed by atoms with E-state index < -0.39 is 0 Å². The van der Waals surface area contributed by atoms with Crippen LogP contribution in [0.15, 0.2) is 0 Å². The summed E-state index contributed by atoms with van der Waals surface area (Å²) in [5.74, 6) is 1.22. The highest BCUT2D eigenvalue weighted by molar-refractivity contribution is 7.98. The number of aliphatic hydroxyl groups excluding tert-OH is 1. The Balaban J connectivity index is 3.15. The highest BCUT2D eigenvalue weighted by atomic mass is 32.2. The fraction of sp³-hybridized carbons (Fsp3) is 1.00. The number of rotatable bonds is 10. The van der Waals surface area contributed by atoms with Crippen molar-refractivity contribution >= 4 is 11.8 Å². The molecular formula is C11H25NOS. The number of nitrogens with one attached hydrogen (secondary N) is 1. The zero-order valence-electron chi connectivity index (χ0n) is 9.59. The van der Waals surface area contributed by atoms with E-state index >= 15 is 0 Å². The standard InChI is InChI=1S/C11H25NOS/c1-3-11(10-14-2)12-8-6-4-5-7-9-13/h11-13H,3-10H2,1-2H3. The Morgan fingerprint density at radius 1 is 1.21 bits per heavy atom. The Morgan fingerprint density at radius 3 is 2.50 bits per heavy atom. The first-order chi connectivity index (χ1) is 6.85. The van der Waals surface area contributed by atoms with Crippen LogP contribution in [-0.2, 0) is 0 Å². The van der Waals surface area contributed by atoms with E-state index in [1.807, 2.05) is 11.8 Å². The number of hydrogen-bond donors (Lipinski definition) is 2. The van der Waals surface area contributed by atoms with Crippen LogP contribution in [0.3, 0.4) is 0 Å². The summed E-state index contributed by atoms with van der Waals surface area (Å²) in [6.45, 7) is 3.71. The first-order valence-corrected chi connectivity index (χ1v) is 7.07. The van der Waals surface area contributed by atoms with Crippen molar-refractivity contribution in [2.24, 2.45) is 0 Å². The quantitative estimate of drug-likeness (QED) is 0.553. The van der Waals surface area contributed by atoms with E-state index in [1.54, 1.807) is 0 Å². The molecule has 14 heavy (non-hydrogen) atoms. The van der Waals surface area contributed by atoms with Gasteiger partial charge in [0.25, 0.3) is 0 Å². The molecule has 2 nitrogen and oxygen atoms in total. The van der Waals surface area contributed by atoms with Crippen molar-refractivity contribution in [3.05, 3.63) is 0 Å². The first kappa shape index (κ1) is 14.3. The fourth-order valence-electron chi connectivity index (χ4n) is 1.42. The molecular weight excluding hydrogens is 194 g/mol. The van der Waals surface area contributed by atoms with E-state index in [-0.39, 0.29) is 0 Å². The van der Waals surface area contributed by atoms with E-state index in [0.29, 0.717) is 12.6 Å². The van der Waals surface area contributed by atoms with E-state index in [0.717, 1.165) is 19.4 Å². The second kappa shape index (κ2) is 11.3. The summed E-state index contributed by atoms with van der Waals surface area (Å²) in [4.78, 5) is 0. The maximum atomic E-state index is 8.60. The van der Waals surface area contributed by atoms with Gasteiger partial charge in [-0.2, -0.15) is 11.8 Å². The summed E-state index contributed by atoms with van der Waals surface area (Å²) in [5.41, 5.74) is 0. The Morgan fingerprint density at radius 2 is 1.93 bits per heavy atom. The number of unbranched alkanes of at least 4 members (excludes halogenated alkanes) is 3. The Kier molecular flexibility index (Phi) is 11.6. The highest BCUT2D eigenvalue weighted by Crippen LogP contribution is 2.02. The van der Waals surface area contributed by atoms with Crippen LogP contribution in [0.1, 0.15) is 39.0 Å². The molecule has 0 heterocycles. The molecule has 1 unspecified atom stereocenters. The van der Waals surface area contributed by atoms with Crippen LogP contribution in [0.2, 0.25) is 0 Å². The molecule has 0 spiro atoms.